The average molecular weight is 319 g/mol. The third kappa shape index (κ3) is 2.63. The standard InChI is InChI=1S/C20H14FNO2/c21-15-8-9-19-17(11-15)14(12-24-19)10-20(23)22-18-7-3-5-13-4-1-2-6-16(13)18/h1-9,11-12H,10H2,(H,22,23). The number of halogens is 1. The Bertz CT molecular complexity index is 1050. The number of carbonyl (C=O) groups excluding carboxylic acids is 1. The van der Waals surface area contributed by atoms with Crippen molar-refractivity contribution in [1.29, 1.82) is 0 Å². The predicted molar refractivity (Wildman–Crippen MR) is 92.5 cm³/mol. The third-order valence-corrected chi connectivity index (χ3v) is 4.03. The Morgan fingerprint density at radius 1 is 1.00 bits per heavy atom. The van der Waals surface area contributed by atoms with E-state index in [0.717, 1.165) is 16.5 Å². The molecule has 0 aliphatic heterocycles. The molecule has 0 aliphatic carbocycles. The Labute approximate surface area is 137 Å². The van der Waals surface area contributed by atoms with Gasteiger partial charge in [0.2, 0.25) is 5.91 Å². The molecule has 3 aromatic carbocycles. The summed E-state index contributed by atoms with van der Waals surface area (Å²) < 4.78 is 18.8. The van der Waals surface area contributed by atoms with Crippen LogP contribution in [-0.2, 0) is 11.2 Å². The fourth-order valence-corrected chi connectivity index (χ4v) is 2.89. The Morgan fingerprint density at radius 2 is 1.83 bits per heavy atom. The van der Waals surface area contributed by atoms with Gasteiger partial charge in [0.15, 0.2) is 0 Å². The van der Waals surface area contributed by atoms with Crippen LogP contribution in [0.25, 0.3) is 21.7 Å². The van der Waals surface area contributed by atoms with E-state index in [2.05, 4.69) is 5.32 Å². The highest BCUT2D eigenvalue weighted by Crippen LogP contribution is 2.25. The summed E-state index contributed by atoms with van der Waals surface area (Å²) in [6.45, 7) is 0. The van der Waals surface area contributed by atoms with Gasteiger partial charge in [0.25, 0.3) is 0 Å². The molecular weight excluding hydrogens is 305 g/mol. The quantitative estimate of drug-likeness (QED) is 0.583. The summed E-state index contributed by atoms with van der Waals surface area (Å²) in [4.78, 5) is 12.4. The minimum absolute atomic E-state index is 0.125. The Kier molecular flexibility index (Phi) is 3.50. The minimum atomic E-state index is -0.348. The van der Waals surface area contributed by atoms with Gasteiger partial charge in [0, 0.05) is 22.0 Å². The van der Waals surface area contributed by atoms with Crippen LogP contribution in [0.4, 0.5) is 10.1 Å². The molecule has 1 aromatic heterocycles. The highest BCUT2D eigenvalue weighted by atomic mass is 19.1. The normalized spacial score (nSPS) is 11.0. The molecule has 1 N–H and O–H groups in total. The molecule has 0 saturated heterocycles. The van der Waals surface area contributed by atoms with E-state index in [0.29, 0.717) is 16.5 Å². The second kappa shape index (κ2) is 5.81. The van der Waals surface area contributed by atoms with E-state index < -0.39 is 0 Å². The SMILES string of the molecule is O=C(Cc1coc2ccc(F)cc12)Nc1cccc2ccccc12. The first-order valence-corrected chi connectivity index (χ1v) is 7.64. The Morgan fingerprint density at radius 3 is 2.75 bits per heavy atom. The van der Waals surface area contributed by atoms with E-state index >= 15 is 0 Å². The number of carbonyl (C=O) groups is 1. The number of nitrogens with one attached hydrogen (secondary N) is 1. The molecule has 4 aromatic rings. The van der Waals surface area contributed by atoms with Crippen molar-refractivity contribution in [1.82, 2.24) is 0 Å². The lowest BCUT2D eigenvalue weighted by Gasteiger charge is -2.08. The summed E-state index contributed by atoms with van der Waals surface area (Å²) in [7, 11) is 0. The second-order valence-electron chi connectivity index (χ2n) is 5.65. The fourth-order valence-electron chi connectivity index (χ4n) is 2.89. The van der Waals surface area contributed by atoms with Crippen LogP contribution in [0, 0.1) is 5.82 Å². The summed E-state index contributed by atoms with van der Waals surface area (Å²) in [6, 6.07) is 17.9. The fraction of sp³-hybridized carbons (Fsp3) is 0.0500. The van der Waals surface area contributed by atoms with Gasteiger partial charge in [0.05, 0.1) is 12.7 Å². The summed E-state index contributed by atoms with van der Waals surface area (Å²) in [5.74, 6) is -0.516. The molecular formula is C20H14FNO2. The van der Waals surface area contributed by atoms with Crippen LogP contribution >= 0.6 is 0 Å². The van der Waals surface area contributed by atoms with Gasteiger partial charge in [-0.3, -0.25) is 4.79 Å². The van der Waals surface area contributed by atoms with Crippen LogP contribution in [0.3, 0.4) is 0 Å². The molecule has 1 amide bonds. The Hall–Kier alpha value is -3.14. The number of rotatable bonds is 3. The molecule has 4 rings (SSSR count). The minimum Gasteiger partial charge on any atom is -0.464 e. The smallest absolute Gasteiger partial charge is 0.228 e. The van der Waals surface area contributed by atoms with Crippen molar-refractivity contribution in [2.24, 2.45) is 0 Å². The molecule has 0 spiro atoms. The molecule has 118 valence electrons. The van der Waals surface area contributed by atoms with Gasteiger partial charge in [-0.25, -0.2) is 4.39 Å². The third-order valence-electron chi connectivity index (χ3n) is 4.03. The first-order chi connectivity index (χ1) is 11.7. The number of hydrogen-bond donors (Lipinski definition) is 1. The lowest BCUT2D eigenvalue weighted by atomic mass is 10.1. The van der Waals surface area contributed by atoms with Crippen molar-refractivity contribution in [3.05, 3.63) is 78.3 Å². The van der Waals surface area contributed by atoms with E-state index in [-0.39, 0.29) is 18.1 Å². The number of hydrogen-bond acceptors (Lipinski definition) is 2. The molecule has 1 heterocycles. The van der Waals surface area contributed by atoms with Crippen molar-refractivity contribution < 1.29 is 13.6 Å². The predicted octanol–water partition coefficient (Wildman–Crippen LogP) is 4.91. The van der Waals surface area contributed by atoms with Gasteiger partial charge in [-0.05, 0) is 29.7 Å². The van der Waals surface area contributed by atoms with Gasteiger partial charge in [-0.1, -0.05) is 36.4 Å². The van der Waals surface area contributed by atoms with Crippen LogP contribution in [0.15, 0.2) is 71.3 Å². The van der Waals surface area contributed by atoms with Gasteiger partial charge >= 0.3 is 0 Å². The maximum atomic E-state index is 13.4. The highest BCUT2D eigenvalue weighted by molar-refractivity contribution is 6.03. The topological polar surface area (TPSA) is 42.2 Å². The van der Waals surface area contributed by atoms with Crippen LogP contribution in [0.5, 0.6) is 0 Å². The van der Waals surface area contributed by atoms with Gasteiger partial charge < -0.3 is 9.73 Å². The molecule has 0 bridgehead atoms. The zero-order valence-corrected chi connectivity index (χ0v) is 12.8. The summed E-state index contributed by atoms with van der Waals surface area (Å²) in [5, 5.41) is 5.60. The van der Waals surface area contributed by atoms with E-state index in [1.807, 2.05) is 42.5 Å². The lowest BCUT2D eigenvalue weighted by Crippen LogP contribution is -2.14. The number of fused-ring (bicyclic) bond motifs is 2. The highest BCUT2D eigenvalue weighted by Gasteiger charge is 2.12. The van der Waals surface area contributed by atoms with Crippen LogP contribution in [-0.4, -0.2) is 5.91 Å². The van der Waals surface area contributed by atoms with E-state index in [4.69, 9.17) is 4.42 Å². The monoisotopic (exact) mass is 319 g/mol. The van der Waals surface area contributed by atoms with Crippen molar-refractivity contribution in [2.75, 3.05) is 5.32 Å². The van der Waals surface area contributed by atoms with E-state index in [9.17, 15) is 9.18 Å². The zero-order valence-electron chi connectivity index (χ0n) is 12.8. The van der Waals surface area contributed by atoms with Crippen molar-refractivity contribution in [3.8, 4) is 0 Å². The molecule has 24 heavy (non-hydrogen) atoms. The van der Waals surface area contributed by atoms with Crippen molar-refractivity contribution >= 4 is 33.3 Å². The van der Waals surface area contributed by atoms with Gasteiger partial charge in [-0.2, -0.15) is 0 Å². The zero-order chi connectivity index (χ0) is 16.5. The first kappa shape index (κ1) is 14.5. The van der Waals surface area contributed by atoms with Crippen molar-refractivity contribution in [2.45, 2.75) is 6.42 Å². The van der Waals surface area contributed by atoms with E-state index in [1.165, 1.54) is 18.4 Å². The summed E-state index contributed by atoms with van der Waals surface area (Å²) >= 11 is 0. The maximum absolute atomic E-state index is 13.4. The van der Waals surface area contributed by atoms with Gasteiger partial charge in [0.1, 0.15) is 11.4 Å². The second-order valence-corrected chi connectivity index (χ2v) is 5.65. The van der Waals surface area contributed by atoms with Crippen LogP contribution in [0.1, 0.15) is 5.56 Å². The molecule has 3 nitrogen and oxygen atoms in total. The maximum Gasteiger partial charge on any atom is 0.228 e. The molecule has 0 unspecified atom stereocenters. The number of anilines is 1. The van der Waals surface area contributed by atoms with Gasteiger partial charge in [-0.15, -0.1) is 0 Å². The lowest BCUT2D eigenvalue weighted by molar-refractivity contribution is -0.115. The van der Waals surface area contributed by atoms with E-state index in [1.54, 1.807) is 6.07 Å². The van der Waals surface area contributed by atoms with Crippen LogP contribution in [0.2, 0.25) is 0 Å². The average Bonchev–Trinajstić information content (AvgIpc) is 2.97. The van der Waals surface area contributed by atoms with Crippen molar-refractivity contribution in [3.63, 3.8) is 0 Å². The molecule has 0 fully saturated rings. The number of benzene rings is 3. The molecule has 0 radical (unpaired) electrons. The molecule has 0 atom stereocenters. The molecule has 0 aliphatic rings. The largest absolute Gasteiger partial charge is 0.464 e. The molecule has 4 heteroatoms. The number of amides is 1. The Balaban J connectivity index is 1.61. The summed E-state index contributed by atoms with van der Waals surface area (Å²) in [5.41, 5.74) is 2.00. The number of furan rings is 1. The summed E-state index contributed by atoms with van der Waals surface area (Å²) in [6.07, 6.45) is 1.63. The van der Waals surface area contributed by atoms with Crippen LogP contribution < -0.4 is 5.32 Å². The first-order valence-electron chi connectivity index (χ1n) is 7.64. The molecule has 0 saturated carbocycles.